The molecule has 9 heteroatoms. The van der Waals surface area contributed by atoms with E-state index in [1.54, 1.807) is 42.5 Å². The van der Waals surface area contributed by atoms with E-state index in [2.05, 4.69) is 40.6 Å². The van der Waals surface area contributed by atoms with Gasteiger partial charge in [0.05, 0.1) is 17.3 Å². The zero-order valence-corrected chi connectivity index (χ0v) is 20.6. The highest BCUT2D eigenvalue weighted by Crippen LogP contribution is 2.31. The summed E-state index contributed by atoms with van der Waals surface area (Å²) >= 11 is 20.3. The first-order valence-electron chi connectivity index (χ1n) is 10.0. The molecule has 0 saturated heterocycles. The summed E-state index contributed by atoms with van der Waals surface area (Å²) in [5, 5.41) is 13.7. The lowest BCUT2D eigenvalue weighted by molar-refractivity contribution is 0.0949. The minimum atomic E-state index is -0.266. The maximum atomic E-state index is 12.6. The van der Waals surface area contributed by atoms with Crippen molar-refractivity contribution in [1.29, 1.82) is 0 Å². The van der Waals surface area contributed by atoms with Crippen molar-refractivity contribution in [1.82, 2.24) is 20.1 Å². The Morgan fingerprint density at radius 3 is 2.55 bits per heavy atom. The van der Waals surface area contributed by atoms with Gasteiger partial charge in [0.1, 0.15) is 0 Å². The van der Waals surface area contributed by atoms with Gasteiger partial charge in [0.25, 0.3) is 5.91 Å². The largest absolute Gasteiger partial charge is 0.345 e. The van der Waals surface area contributed by atoms with Crippen LogP contribution in [-0.4, -0.2) is 20.7 Å². The number of halogens is 3. The van der Waals surface area contributed by atoms with Crippen LogP contribution in [0.15, 0.2) is 71.9 Å². The molecule has 0 atom stereocenters. The van der Waals surface area contributed by atoms with Gasteiger partial charge in [0.15, 0.2) is 11.0 Å². The van der Waals surface area contributed by atoms with E-state index in [9.17, 15) is 4.79 Å². The van der Waals surface area contributed by atoms with E-state index in [0.717, 1.165) is 0 Å². The Balaban J connectivity index is 1.62. The van der Waals surface area contributed by atoms with Crippen molar-refractivity contribution in [2.24, 2.45) is 0 Å². The third-order valence-electron chi connectivity index (χ3n) is 4.79. The number of hydrogen-bond acceptors (Lipinski definition) is 4. The molecule has 3 aromatic carbocycles. The van der Waals surface area contributed by atoms with Crippen molar-refractivity contribution in [3.63, 3.8) is 0 Å². The Hall–Kier alpha value is -2.51. The topological polar surface area (TPSA) is 59.8 Å². The van der Waals surface area contributed by atoms with Crippen LogP contribution < -0.4 is 5.32 Å². The molecule has 0 aliphatic heterocycles. The molecule has 1 amide bonds. The predicted octanol–water partition coefficient (Wildman–Crippen LogP) is 6.76. The molecule has 0 aliphatic carbocycles. The highest BCUT2D eigenvalue weighted by molar-refractivity contribution is 7.98. The summed E-state index contributed by atoms with van der Waals surface area (Å²) in [5.41, 5.74) is 3.47. The standard InChI is InChI=1S/C24H19Cl3N4OS/c1-15-4-2-5-16(10-15)14-33-24-30-29-22(31(24)21-12-19(26)8-9-20(21)27)13-28-23(32)17-6-3-7-18(25)11-17/h2-12H,13-14H2,1H3,(H,28,32). The number of amides is 1. The van der Waals surface area contributed by atoms with Crippen molar-refractivity contribution in [3.05, 3.63) is 104 Å². The molecule has 0 bridgehead atoms. The number of nitrogens with one attached hydrogen (secondary N) is 1. The van der Waals surface area contributed by atoms with Crippen LogP contribution >= 0.6 is 46.6 Å². The number of benzene rings is 3. The summed E-state index contributed by atoms with van der Waals surface area (Å²) in [6.07, 6.45) is 0. The second-order valence-corrected chi connectivity index (χ2v) is 9.52. The van der Waals surface area contributed by atoms with E-state index in [1.807, 2.05) is 10.6 Å². The van der Waals surface area contributed by atoms with E-state index >= 15 is 0 Å². The van der Waals surface area contributed by atoms with Gasteiger partial charge < -0.3 is 5.32 Å². The third-order valence-corrected chi connectivity index (χ3v) is 6.58. The van der Waals surface area contributed by atoms with Crippen molar-refractivity contribution in [3.8, 4) is 5.69 Å². The van der Waals surface area contributed by atoms with Gasteiger partial charge >= 0.3 is 0 Å². The van der Waals surface area contributed by atoms with Gasteiger partial charge in [0.2, 0.25) is 0 Å². The van der Waals surface area contributed by atoms with Crippen molar-refractivity contribution < 1.29 is 4.79 Å². The molecule has 0 fully saturated rings. The average molecular weight is 518 g/mol. The van der Waals surface area contributed by atoms with E-state index < -0.39 is 0 Å². The van der Waals surface area contributed by atoms with Crippen LogP contribution in [0.25, 0.3) is 5.69 Å². The number of thioether (sulfide) groups is 1. The SMILES string of the molecule is Cc1cccc(CSc2nnc(CNC(=O)c3cccc(Cl)c3)n2-c2cc(Cl)ccc2Cl)c1. The van der Waals surface area contributed by atoms with Gasteiger partial charge in [-0.05, 0) is 48.9 Å². The Labute approximate surface area is 211 Å². The number of hydrogen-bond donors (Lipinski definition) is 1. The van der Waals surface area contributed by atoms with E-state index in [1.165, 1.54) is 22.9 Å². The smallest absolute Gasteiger partial charge is 0.251 e. The number of nitrogens with zero attached hydrogens (tertiary/aromatic N) is 3. The fourth-order valence-corrected chi connectivity index (χ4v) is 4.71. The first kappa shape index (κ1) is 23.6. The molecule has 4 rings (SSSR count). The van der Waals surface area contributed by atoms with E-state index in [0.29, 0.717) is 43.1 Å². The van der Waals surface area contributed by atoms with Crippen LogP contribution in [0.1, 0.15) is 27.3 Å². The summed E-state index contributed by atoms with van der Waals surface area (Å²) in [4.78, 5) is 12.6. The number of carbonyl (C=O) groups excluding carboxylic acids is 1. The zero-order chi connectivity index (χ0) is 23.4. The summed E-state index contributed by atoms with van der Waals surface area (Å²) in [5.74, 6) is 0.965. The predicted molar refractivity (Wildman–Crippen MR) is 135 cm³/mol. The molecular formula is C24H19Cl3N4OS. The molecule has 0 radical (unpaired) electrons. The number of carbonyl (C=O) groups is 1. The van der Waals surface area contributed by atoms with Gasteiger partial charge in [-0.2, -0.15) is 0 Å². The lowest BCUT2D eigenvalue weighted by atomic mass is 10.2. The fourth-order valence-electron chi connectivity index (χ4n) is 3.25. The molecule has 33 heavy (non-hydrogen) atoms. The second-order valence-electron chi connectivity index (χ2n) is 7.30. The summed E-state index contributed by atoms with van der Waals surface area (Å²) in [6, 6.07) is 20.2. The molecular weight excluding hydrogens is 499 g/mol. The molecule has 0 spiro atoms. The van der Waals surface area contributed by atoms with Gasteiger partial charge in [-0.3, -0.25) is 9.36 Å². The lowest BCUT2D eigenvalue weighted by Crippen LogP contribution is -2.24. The number of aryl methyl sites for hydroxylation is 1. The van der Waals surface area contributed by atoms with Crippen molar-refractivity contribution in [2.45, 2.75) is 24.4 Å². The molecule has 1 N–H and O–H groups in total. The Bertz CT molecular complexity index is 1310. The van der Waals surface area contributed by atoms with E-state index in [-0.39, 0.29) is 12.5 Å². The quantitative estimate of drug-likeness (QED) is 0.275. The minimum Gasteiger partial charge on any atom is -0.345 e. The lowest BCUT2D eigenvalue weighted by Gasteiger charge is -2.13. The van der Waals surface area contributed by atoms with Gasteiger partial charge in [-0.15, -0.1) is 10.2 Å². The summed E-state index contributed by atoms with van der Waals surface area (Å²) in [6.45, 7) is 2.20. The van der Waals surface area contributed by atoms with Crippen molar-refractivity contribution in [2.75, 3.05) is 0 Å². The number of aromatic nitrogens is 3. The maximum absolute atomic E-state index is 12.6. The molecule has 0 saturated carbocycles. The molecule has 0 aliphatic rings. The minimum absolute atomic E-state index is 0.145. The molecule has 4 aromatic rings. The highest BCUT2D eigenvalue weighted by atomic mass is 35.5. The van der Waals surface area contributed by atoms with Crippen LogP contribution in [0.5, 0.6) is 0 Å². The molecule has 0 unspecified atom stereocenters. The maximum Gasteiger partial charge on any atom is 0.251 e. The van der Waals surface area contributed by atoms with Crippen LogP contribution in [-0.2, 0) is 12.3 Å². The molecule has 1 aromatic heterocycles. The Morgan fingerprint density at radius 1 is 0.970 bits per heavy atom. The second kappa shape index (κ2) is 10.6. The van der Waals surface area contributed by atoms with Gasteiger partial charge in [-0.1, -0.05) is 82.5 Å². The van der Waals surface area contributed by atoms with Crippen LogP contribution in [0.3, 0.4) is 0 Å². The normalized spacial score (nSPS) is 10.9. The van der Waals surface area contributed by atoms with Crippen molar-refractivity contribution >= 4 is 52.5 Å². The summed E-state index contributed by atoms with van der Waals surface area (Å²) < 4.78 is 1.83. The van der Waals surface area contributed by atoms with Crippen LogP contribution in [0, 0.1) is 6.92 Å². The monoisotopic (exact) mass is 516 g/mol. The molecule has 168 valence electrons. The highest BCUT2D eigenvalue weighted by Gasteiger charge is 2.18. The summed E-state index contributed by atoms with van der Waals surface area (Å²) in [7, 11) is 0. The first-order valence-corrected chi connectivity index (χ1v) is 12.1. The van der Waals surface area contributed by atoms with Gasteiger partial charge in [0, 0.05) is 21.4 Å². The molecule has 5 nitrogen and oxygen atoms in total. The Morgan fingerprint density at radius 2 is 1.76 bits per heavy atom. The average Bonchev–Trinajstić information content (AvgIpc) is 3.20. The fraction of sp³-hybridized carbons (Fsp3) is 0.125. The van der Waals surface area contributed by atoms with Crippen LogP contribution in [0.4, 0.5) is 0 Å². The molecule has 1 heterocycles. The van der Waals surface area contributed by atoms with Gasteiger partial charge in [-0.25, -0.2) is 0 Å². The number of rotatable bonds is 7. The third kappa shape index (κ3) is 5.89. The zero-order valence-electron chi connectivity index (χ0n) is 17.6. The van der Waals surface area contributed by atoms with E-state index in [4.69, 9.17) is 34.8 Å². The first-order chi connectivity index (χ1) is 15.9. The van der Waals surface area contributed by atoms with Crippen LogP contribution in [0.2, 0.25) is 15.1 Å². The Kier molecular flexibility index (Phi) is 7.60.